The smallest absolute Gasteiger partial charge is 0.338 e. The average molecular weight is 473 g/mol. The van der Waals surface area contributed by atoms with Gasteiger partial charge in [0.15, 0.2) is 5.16 Å². The normalized spacial score (nSPS) is 10.6. The summed E-state index contributed by atoms with van der Waals surface area (Å²) in [7, 11) is 0. The lowest BCUT2D eigenvalue weighted by atomic mass is 10.2. The number of nitrogens with zero attached hydrogens (tertiary/aromatic N) is 4. The van der Waals surface area contributed by atoms with Gasteiger partial charge >= 0.3 is 5.97 Å². The molecule has 4 rings (SSSR count). The number of anilines is 2. The van der Waals surface area contributed by atoms with E-state index in [-0.39, 0.29) is 18.9 Å². The molecule has 1 aromatic heterocycles. The van der Waals surface area contributed by atoms with Crippen LogP contribution in [0.2, 0.25) is 0 Å². The molecule has 0 unspecified atom stereocenters. The minimum Gasteiger partial charge on any atom is -0.462 e. The summed E-state index contributed by atoms with van der Waals surface area (Å²) < 4.78 is 7.31. The van der Waals surface area contributed by atoms with Crippen molar-refractivity contribution >= 4 is 35.0 Å². The number of benzene rings is 3. The Morgan fingerprint density at radius 3 is 2.03 bits per heavy atom. The van der Waals surface area contributed by atoms with Gasteiger partial charge in [-0.05, 0) is 61.7 Å². The predicted octanol–water partition coefficient (Wildman–Crippen LogP) is 5.21. The first-order valence-corrected chi connectivity index (χ1v) is 12.0. The number of thioether (sulfide) groups is 1. The van der Waals surface area contributed by atoms with E-state index in [0.717, 1.165) is 28.0 Å². The van der Waals surface area contributed by atoms with Crippen LogP contribution < -0.4 is 4.90 Å². The second-order valence-corrected chi connectivity index (χ2v) is 8.18. The van der Waals surface area contributed by atoms with Crippen molar-refractivity contribution in [3.05, 3.63) is 96.3 Å². The van der Waals surface area contributed by atoms with E-state index in [9.17, 15) is 9.59 Å². The SMILES string of the molecule is CSc1nnc(C)n1-c1ccc(C(=O)OCCC(=O)N(c2ccccc2)c2ccccc2)cc1. The van der Waals surface area contributed by atoms with Gasteiger partial charge in [-0.2, -0.15) is 0 Å². The number of amides is 1. The Kier molecular flexibility index (Phi) is 7.39. The molecule has 8 heteroatoms. The third-order valence-corrected chi connectivity index (χ3v) is 5.80. The van der Waals surface area contributed by atoms with E-state index < -0.39 is 5.97 Å². The van der Waals surface area contributed by atoms with E-state index in [2.05, 4.69) is 10.2 Å². The molecule has 1 amide bonds. The molecule has 34 heavy (non-hydrogen) atoms. The highest BCUT2D eigenvalue weighted by Crippen LogP contribution is 2.26. The zero-order valence-corrected chi connectivity index (χ0v) is 19.7. The van der Waals surface area contributed by atoms with E-state index in [1.807, 2.05) is 90.5 Å². The van der Waals surface area contributed by atoms with Crippen LogP contribution in [0.3, 0.4) is 0 Å². The quantitative estimate of drug-likeness (QED) is 0.259. The Bertz CT molecular complexity index is 1220. The molecule has 1 heterocycles. The van der Waals surface area contributed by atoms with Gasteiger partial charge in [-0.1, -0.05) is 48.2 Å². The number of ether oxygens (including phenoxy) is 1. The van der Waals surface area contributed by atoms with E-state index in [1.165, 1.54) is 11.8 Å². The van der Waals surface area contributed by atoms with Gasteiger partial charge in [-0.25, -0.2) is 4.79 Å². The summed E-state index contributed by atoms with van der Waals surface area (Å²) in [5, 5.41) is 9.00. The highest BCUT2D eigenvalue weighted by atomic mass is 32.2. The Morgan fingerprint density at radius 1 is 0.882 bits per heavy atom. The van der Waals surface area contributed by atoms with Crippen molar-refractivity contribution in [1.82, 2.24) is 14.8 Å². The third-order valence-electron chi connectivity index (χ3n) is 5.17. The maximum absolute atomic E-state index is 13.0. The van der Waals surface area contributed by atoms with Gasteiger partial charge < -0.3 is 4.74 Å². The third kappa shape index (κ3) is 5.18. The fourth-order valence-corrected chi connectivity index (χ4v) is 4.08. The molecule has 0 radical (unpaired) electrons. The van der Waals surface area contributed by atoms with Crippen LogP contribution in [-0.4, -0.2) is 39.5 Å². The summed E-state index contributed by atoms with van der Waals surface area (Å²) in [6, 6.07) is 25.9. The molecule has 7 nitrogen and oxygen atoms in total. The summed E-state index contributed by atoms with van der Waals surface area (Å²) in [6.07, 6.45) is 1.99. The molecule has 172 valence electrons. The molecule has 3 aromatic carbocycles. The van der Waals surface area contributed by atoms with Gasteiger partial charge in [-0.3, -0.25) is 14.3 Å². The van der Waals surface area contributed by atoms with Crippen molar-refractivity contribution in [2.75, 3.05) is 17.8 Å². The minimum atomic E-state index is -0.476. The van der Waals surface area contributed by atoms with Crippen molar-refractivity contribution in [1.29, 1.82) is 0 Å². The van der Waals surface area contributed by atoms with Crippen LogP contribution in [0.25, 0.3) is 5.69 Å². The van der Waals surface area contributed by atoms with E-state index in [1.54, 1.807) is 17.0 Å². The zero-order chi connectivity index (χ0) is 23.9. The van der Waals surface area contributed by atoms with Crippen LogP contribution in [0.15, 0.2) is 90.1 Å². The molecule has 0 atom stereocenters. The molecule has 0 aliphatic heterocycles. The number of rotatable bonds is 8. The predicted molar refractivity (Wildman–Crippen MR) is 133 cm³/mol. The number of para-hydroxylation sites is 2. The van der Waals surface area contributed by atoms with Crippen LogP contribution in [-0.2, 0) is 9.53 Å². The second-order valence-electron chi connectivity index (χ2n) is 7.40. The molecule has 4 aromatic rings. The van der Waals surface area contributed by atoms with Gasteiger partial charge in [0, 0.05) is 17.1 Å². The lowest BCUT2D eigenvalue weighted by molar-refractivity contribution is -0.118. The molecular formula is C26H24N4O3S. The Morgan fingerprint density at radius 2 is 1.47 bits per heavy atom. The number of aryl methyl sites for hydroxylation is 1. The lowest BCUT2D eigenvalue weighted by Gasteiger charge is -2.23. The first kappa shape index (κ1) is 23.3. The summed E-state index contributed by atoms with van der Waals surface area (Å²) in [5.74, 6) is 0.128. The van der Waals surface area contributed by atoms with Crippen molar-refractivity contribution in [3.8, 4) is 5.69 Å². The van der Waals surface area contributed by atoms with Crippen molar-refractivity contribution < 1.29 is 14.3 Å². The van der Waals surface area contributed by atoms with Crippen molar-refractivity contribution in [2.24, 2.45) is 0 Å². The van der Waals surface area contributed by atoms with Crippen LogP contribution in [0.1, 0.15) is 22.6 Å². The minimum absolute atomic E-state index is 0.0171. The van der Waals surface area contributed by atoms with Gasteiger partial charge in [0.2, 0.25) is 5.91 Å². The van der Waals surface area contributed by atoms with Gasteiger partial charge in [-0.15, -0.1) is 10.2 Å². The molecular weight excluding hydrogens is 448 g/mol. The van der Waals surface area contributed by atoms with Gasteiger partial charge in [0.1, 0.15) is 12.4 Å². The Balaban J connectivity index is 1.40. The molecule has 0 bridgehead atoms. The topological polar surface area (TPSA) is 77.3 Å². The Hall–Kier alpha value is -3.91. The monoisotopic (exact) mass is 472 g/mol. The van der Waals surface area contributed by atoms with E-state index in [4.69, 9.17) is 4.74 Å². The first-order chi connectivity index (χ1) is 16.6. The first-order valence-electron chi connectivity index (χ1n) is 10.7. The van der Waals surface area contributed by atoms with Crippen LogP contribution >= 0.6 is 11.8 Å². The molecule has 0 aliphatic carbocycles. The van der Waals surface area contributed by atoms with Crippen LogP contribution in [0, 0.1) is 6.92 Å². The van der Waals surface area contributed by atoms with Crippen LogP contribution in [0.5, 0.6) is 0 Å². The summed E-state index contributed by atoms with van der Waals surface area (Å²) in [4.78, 5) is 27.2. The highest BCUT2D eigenvalue weighted by molar-refractivity contribution is 7.98. The highest BCUT2D eigenvalue weighted by Gasteiger charge is 2.18. The maximum atomic E-state index is 13.0. The molecule has 0 saturated carbocycles. The summed E-state index contributed by atoms with van der Waals surface area (Å²) in [6.45, 7) is 1.86. The molecule has 0 fully saturated rings. The van der Waals surface area contributed by atoms with Gasteiger partial charge in [0.05, 0.1) is 12.0 Å². The number of aromatic nitrogens is 3. The number of carbonyl (C=O) groups is 2. The number of hydrogen-bond donors (Lipinski definition) is 0. The fraction of sp³-hybridized carbons (Fsp3) is 0.154. The number of carbonyl (C=O) groups excluding carboxylic acids is 2. The van der Waals surface area contributed by atoms with E-state index in [0.29, 0.717) is 5.56 Å². The average Bonchev–Trinajstić information content (AvgIpc) is 3.26. The summed E-state index contributed by atoms with van der Waals surface area (Å²) in [5.41, 5.74) is 2.79. The van der Waals surface area contributed by atoms with Crippen molar-refractivity contribution in [2.45, 2.75) is 18.5 Å². The van der Waals surface area contributed by atoms with Gasteiger partial charge in [0.25, 0.3) is 0 Å². The maximum Gasteiger partial charge on any atom is 0.338 e. The molecule has 0 N–H and O–H groups in total. The fourth-order valence-electron chi connectivity index (χ4n) is 3.54. The van der Waals surface area contributed by atoms with Crippen LogP contribution in [0.4, 0.5) is 11.4 Å². The Labute approximate surface area is 202 Å². The lowest BCUT2D eigenvalue weighted by Crippen LogP contribution is -2.27. The largest absolute Gasteiger partial charge is 0.462 e. The zero-order valence-electron chi connectivity index (χ0n) is 18.9. The molecule has 0 aliphatic rings. The second kappa shape index (κ2) is 10.8. The molecule has 0 saturated heterocycles. The number of esters is 1. The van der Waals surface area contributed by atoms with E-state index >= 15 is 0 Å². The van der Waals surface area contributed by atoms with Crippen molar-refractivity contribution in [3.63, 3.8) is 0 Å². The molecule has 0 spiro atoms. The standard InChI is InChI=1S/C26H24N4O3S/c1-19-27-28-26(34-2)29(19)23-15-13-20(14-16-23)25(32)33-18-17-24(31)30(21-9-5-3-6-10-21)22-11-7-4-8-12-22/h3-16H,17-18H2,1-2H3. The number of hydrogen-bond acceptors (Lipinski definition) is 6. The summed E-state index contributed by atoms with van der Waals surface area (Å²) >= 11 is 1.50.